The fourth-order valence-corrected chi connectivity index (χ4v) is 3.07. The highest BCUT2D eigenvalue weighted by molar-refractivity contribution is 5.92. The molecule has 130 valence electrons. The number of carbonyl (C=O) groups excluding carboxylic acids is 1. The first-order chi connectivity index (χ1) is 11.3. The van der Waals surface area contributed by atoms with E-state index in [4.69, 9.17) is 4.52 Å². The first-order valence-corrected chi connectivity index (χ1v) is 8.33. The van der Waals surface area contributed by atoms with E-state index in [9.17, 15) is 4.79 Å². The lowest BCUT2D eigenvalue weighted by molar-refractivity contribution is 0.0600. The average Bonchev–Trinajstić information content (AvgIpc) is 3.11. The lowest BCUT2D eigenvalue weighted by Gasteiger charge is -2.33. The molecule has 0 spiro atoms. The smallest absolute Gasteiger partial charge is 0.292 e. The van der Waals surface area contributed by atoms with Crippen molar-refractivity contribution in [2.24, 2.45) is 0 Å². The van der Waals surface area contributed by atoms with Crippen LogP contribution in [0, 0.1) is 0 Å². The van der Waals surface area contributed by atoms with Gasteiger partial charge in [-0.3, -0.25) is 4.79 Å². The third-order valence-electron chi connectivity index (χ3n) is 4.27. The number of aromatic nitrogens is 1. The first kappa shape index (κ1) is 18.5. The topological polar surface area (TPSA) is 58.4 Å². The summed E-state index contributed by atoms with van der Waals surface area (Å²) in [6, 6.07) is 11.8. The SMILES string of the molecule is CCCN(C(=O)c1cc(-c2ccccc2)no1)C1CCNCC1.Cl. The number of rotatable bonds is 5. The van der Waals surface area contributed by atoms with Gasteiger partial charge in [-0.05, 0) is 32.4 Å². The van der Waals surface area contributed by atoms with Crippen LogP contribution in [0.5, 0.6) is 0 Å². The van der Waals surface area contributed by atoms with Crippen molar-refractivity contribution < 1.29 is 9.32 Å². The van der Waals surface area contributed by atoms with E-state index in [-0.39, 0.29) is 24.4 Å². The molecule has 1 aliphatic heterocycles. The predicted octanol–water partition coefficient (Wildman–Crippen LogP) is 3.37. The minimum atomic E-state index is -0.0477. The first-order valence-electron chi connectivity index (χ1n) is 8.33. The second-order valence-corrected chi connectivity index (χ2v) is 5.92. The van der Waals surface area contributed by atoms with Crippen molar-refractivity contribution in [3.8, 4) is 11.3 Å². The molecule has 6 heteroatoms. The highest BCUT2D eigenvalue weighted by Crippen LogP contribution is 2.21. The molecule has 0 aliphatic carbocycles. The largest absolute Gasteiger partial charge is 0.350 e. The maximum atomic E-state index is 12.9. The summed E-state index contributed by atoms with van der Waals surface area (Å²) >= 11 is 0. The normalized spacial score (nSPS) is 14.9. The molecule has 24 heavy (non-hydrogen) atoms. The predicted molar refractivity (Wildman–Crippen MR) is 96.4 cm³/mol. The Balaban J connectivity index is 0.00000208. The van der Waals surface area contributed by atoms with E-state index >= 15 is 0 Å². The number of hydrogen-bond acceptors (Lipinski definition) is 4. The van der Waals surface area contributed by atoms with Crippen LogP contribution in [0.3, 0.4) is 0 Å². The van der Waals surface area contributed by atoms with E-state index in [1.54, 1.807) is 6.07 Å². The van der Waals surface area contributed by atoms with Crippen LogP contribution in [0.2, 0.25) is 0 Å². The van der Waals surface area contributed by atoms with Gasteiger partial charge in [-0.2, -0.15) is 0 Å². The number of hydrogen-bond donors (Lipinski definition) is 1. The summed E-state index contributed by atoms with van der Waals surface area (Å²) < 4.78 is 5.34. The summed E-state index contributed by atoms with van der Waals surface area (Å²) in [5.74, 6) is 0.282. The molecule has 0 unspecified atom stereocenters. The molecule has 2 heterocycles. The number of nitrogens with one attached hydrogen (secondary N) is 1. The molecule has 0 radical (unpaired) electrons. The third kappa shape index (κ3) is 4.16. The van der Waals surface area contributed by atoms with Crippen molar-refractivity contribution >= 4 is 18.3 Å². The Morgan fingerprint density at radius 3 is 2.67 bits per heavy atom. The van der Waals surface area contributed by atoms with Crippen LogP contribution in [0.15, 0.2) is 40.9 Å². The van der Waals surface area contributed by atoms with E-state index in [1.165, 1.54) is 0 Å². The van der Waals surface area contributed by atoms with Gasteiger partial charge in [-0.25, -0.2) is 0 Å². The van der Waals surface area contributed by atoms with E-state index in [0.29, 0.717) is 11.5 Å². The molecule has 1 aromatic heterocycles. The Morgan fingerprint density at radius 2 is 2.00 bits per heavy atom. The van der Waals surface area contributed by atoms with E-state index < -0.39 is 0 Å². The second kappa shape index (κ2) is 8.85. The fraction of sp³-hybridized carbons (Fsp3) is 0.444. The molecule has 3 rings (SSSR count). The van der Waals surface area contributed by atoms with Crippen molar-refractivity contribution in [1.29, 1.82) is 0 Å². The molecule has 1 fully saturated rings. The summed E-state index contributed by atoms with van der Waals surface area (Å²) in [4.78, 5) is 14.8. The van der Waals surface area contributed by atoms with Crippen LogP contribution in [0.25, 0.3) is 11.3 Å². The van der Waals surface area contributed by atoms with E-state index in [2.05, 4.69) is 17.4 Å². The quantitative estimate of drug-likeness (QED) is 0.899. The maximum Gasteiger partial charge on any atom is 0.292 e. The molecule has 1 saturated heterocycles. The number of carbonyl (C=O) groups is 1. The summed E-state index contributed by atoms with van der Waals surface area (Å²) in [7, 11) is 0. The van der Waals surface area contributed by atoms with Gasteiger partial charge >= 0.3 is 0 Å². The number of benzene rings is 1. The minimum absolute atomic E-state index is 0. The molecular formula is C18H24ClN3O2. The van der Waals surface area contributed by atoms with Crippen LogP contribution in [0.1, 0.15) is 36.7 Å². The summed E-state index contributed by atoms with van der Waals surface area (Å²) in [6.45, 7) is 4.77. The zero-order valence-electron chi connectivity index (χ0n) is 13.9. The molecule has 1 N–H and O–H groups in total. The summed E-state index contributed by atoms with van der Waals surface area (Å²) in [6.07, 6.45) is 2.92. The van der Waals surface area contributed by atoms with Gasteiger partial charge in [0, 0.05) is 24.2 Å². The van der Waals surface area contributed by atoms with Crippen LogP contribution in [0.4, 0.5) is 0 Å². The van der Waals surface area contributed by atoms with Crippen LogP contribution < -0.4 is 5.32 Å². The van der Waals surface area contributed by atoms with Gasteiger partial charge in [0.25, 0.3) is 5.91 Å². The Morgan fingerprint density at radius 1 is 1.29 bits per heavy atom. The Hall–Kier alpha value is -1.85. The standard InChI is InChI=1S/C18H23N3O2.ClH/c1-2-12-21(15-8-10-19-11-9-15)18(22)17-13-16(20-23-17)14-6-4-3-5-7-14;/h3-7,13,15,19H,2,8-12H2,1H3;1H. The number of nitrogens with zero attached hydrogens (tertiary/aromatic N) is 2. The summed E-state index contributed by atoms with van der Waals surface area (Å²) in [5.41, 5.74) is 1.66. The Kier molecular flexibility index (Phi) is 6.82. The molecule has 0 atom stereocenters. The second-order valence-electron chi connectivity index (χ2n) is 5.92. The van der Waals surface area contributed by atoms with Gasteiger partial charge < -0.3 is 14.7 Å². The molecule has 0 saturated carbocycles. The van der Waals surface area contributed by atoms with Crippen LogP contribution in [-0.2, 0) is 0 Å². The molecular weight excluding hydrogens is 326 g/mol. The highest BCUT2D eigenvalue weighted by atomic mass is 35.5. The minimum Gasteiger partial charge on any atom is -0.350 e. The molecule has 5 nitrogen and oxygen atoms in total. The highest BCUT2D eigenvalue weighted by Gasteiger charge is 2.28. The zero-order chi connectivity index (χ0) is 16.1. The number of amides is 1. The lowest BCUT2D eigenvalue weighted by atomic mass is 10.0. The molecule has 1 aromatic carbocycles. The number of halogens is 1. The lowest BCUT2D eigenvalue weighted by Crippen LogP contribution is -2.46. The van der Waals surface area contributed by atoms with Gasteiger partial charge in [0.05, 0.1) is 0 Å². The zero-order valence-corrected chi connectivity index (χ0v) is 14.7. The monoisotopic (exact) mass is 349 g/mol. The van der Waals surface area contributed by atoms with E-state index in [1.807, 2.05) is 35.2 Å². The van der Waals surface area contributed by atoms with Gasteiger partial charge in [-0.1, -0.05) is 42.4 Å². The summed E-state index contributed by atoms with van der Waals surface area (Å²) in [5, 5.41) is 7.40. The van der Waals surface area contributed by atoms with Crippen molar-refractivity contribution in [2.75, 3.05) is 19.6 Å². The number of piperidine rings is 1. The van der Waals surface area contributed by atoms with Gasteiger partial charge in [0.2, 0.25) is 5.76 Å². The van der Waals surface area contributed by atoms with Crippen LogP contribution >= 0.6 is 12.4 Å². The molecule has 0 bridgehead atoms. The van der Waals surface area contributed by atoms with Gasteiger partial charge in [0.15, 0.2) is 0 Å². The van der Waals surface area contributed by atoms with Gasteiger partial charge in [0.1, 0.15) is 5.69 Å². The van der Waals surface area contributed by atoms with E-state index in [0.717, 1.165) is 44.5 Å². The average molecular weight is 350 g/mol. The Labute approximate surface area is 148 Å². The van der Waals surface area contributed by atoms with Crippen molar-refractivity contribution in [2.45, 2.75) is 32.2 Å². The third-order valence-corrected chi connectivity index (χ3v) is 4.27. The van der Waals surface area contributed by atoms with Crippen molar-refractivity contribution in [3.05, 3.63) is 42.2 Å². The fourth-order valence-electron chi connectivity index (χ4n) is 3.07. The van der Waals surface area contributed by atoms with Crippen molar-refractivity contribution in [3.63, 3.8) is 0 Å². The Bertz CT molecular complexity index is 639. The molecule has 1 amide bonds. The van der Waals surface area contributed by atoms with Gasteiger partial charge in [-0.15, -0.1) is 12.4 Å². The van der Waals surface area contributed by atoms with Crippen LogP contribution in [-0.4, -0.2) is 41.6 Å². The molecule has 2 aromatic rings. The maximum absolute atomic E-state index is 12.9. The molecule has 1 aliphatic rings. The van der Waals surface area contributed by atoms with Crippen molar-refractivity contribution in [1.82, 2.24) is 15.4 Å².